The molecule has 0 aliphatic heterocycles. The van der Waals surface area contributed by atoms with Crippen LogP contribution in [0.5, 0.6) is 0 Å². The van der Waals surface area contributed by atoms with Crippen molar-refractivity contribution >= 4 is 12.3 Å². The molecule has 0 amide bonds. The molecule has 0 unspecified atom stereocenters. The van der Waals surface area contributed by atoms with E-state index in [1.54, 1.807) is 0 Å². The van der Waals surface area contributed by atoms with Crippen LogP contribution in [0.4, 0.5) is 0 Å². The molecule has 0 radical (unpaired) electrons. The molecule has 0 spiro atoms. The highest BCUT2D eigenvalue weighted by Crippen LogP contribution is 2.38. The molecular formula is C12H18O3. The lowest BCUT2D eigenvalue weighted by Crippen LogP contribution is -2.30. The Balaban J connectivity index is 2.57. The van der Waals surface area contributed by atoms with Gasteiger partial charge in [-0.3, -0.25) is 4.79 Å². The highest BCUT2D eigenvalue weighted by atomic mass is 16.5. The molecule has 1 aliphatic carbocycles. The smallest absolute Gasteiger partial charge is 0.305 e. The van der Waals surface area contributed by atoms with Gasteiger partial charge in [0.05, 0.1) is 7.11 Å². The van der Waals surface area contributed by atoms with Crippen molar-refractivity contribution < 1.29 is 14.3 Å². The first kappa shape index (κ1) is 12.0. The van der Waals surface area contributed by atoms with E-state index >= 15 is 0 Å². The van der Waals surface area contributed by atoms with Gasteiger partial charge in [-0.1, -0.05) is 19.1 Å². The van der Waals surface area contributed by atoms with Crippen molar-refractivity contribution in [1.82, 2.24) is 0 Å². The normalized spacial score (nSPS) is 29.9. The Morgan fingerprint density at radius 1 is 1.67 bits per heavy atom. The summed E-state index contributed by atoms with van der Waals surface area (Å²) >= 11 is 0. The van der Waals surface area contributed by atoms with E-state index in [1.807, 2.05) is 6.92 Å². The molecule has 0 fully saturated rings. The van der Waals surface area contributed by atoms with Gasteiger partial charge in [0.15, 0.2) is 0 Å². The van der Waals surface area contributed by atoms with Gasteiger partial charge >= 0.3 is 5.97 Å². The first-order chi connectivity index (χ1) is 7.12. The summed E-state index contributed by atoms with van der Waals surface area (Å²) in [7, 11) is 1.39. The quantitative estimate of drug-likeness (QED) is 0.405. The standard InChI is InChI=1S/C12H18O3/c1-12(9-13)8-4-3-5-10(12)6-7-11(14)15-2/h3,5,9-10H,4,6-8H2,1-2H3/t10-,12+/m1/s1. The SMILES string of the molecule is COC(=O)CC[C@H]1C=CCC[C@@]1(C)C=O. The number of esters is 1. The van der Waals surface area contributed by atoms with Crippen molar-refractivity contribution in [3.8, 4) is 0 Å². The third-order valence-electron chi connectivity index (χ3n) is 3.22. The maximum absolute atomic E-state index is 11.1. The number of aldehydes is 1. The number of carbonyl (C=O) groups excluding carboxylic acids is 2. The van der Waals surface area contributed by atoms with Crippen LogP contribution >= 0.6 is 0 Å². The van der Waals surface area contributed by atoms with E-state index in [9.17, 15) is 9.59 Å². The average Bonchev–Trinajstić information content (AvgIpc) is 2.27. The molecule has 0 saturated carbocycles. The van der Waals surface area contributed by atoms with Crippen molar-refractivity contribution in [3.05, 3.63) is 12.2 Å². The van der Waals surface area contributed by atoms with Gasteiger partial charge in [-0.25, -0.2) is 0 Å². The number of hydrogen-bond acceptors (Lipinski definition) is 3. The first-order valence-electron chi connectivity index (χ1n) is 5.32. The zero-order valence-electron chi connectivity index (χ0n) is 9.36. The van der Waals surface area contributed by atoms with Crippen molar-refractivity contribution in [2.24, 2.45) is 11.3 Å². The van der Waals surface area contributed by atoms with Crippen molar-refractivity contribution in [1.29, 1.82) is 0 Å². The van der Waals surface area contributed by atoms with E-state index in [-0.39, 0.29) is 17.3 Å². The van der Waals surface area contributed by atoms with Crippen molar-refractivity contribution in [2.45, 2.75) is 32.6 Å². The predicted molar refractivity (Wildman–Crippen MR) is 57.3 cm³/mol. The molecule has 0 aromatic heterocycles. The summed E-state index contributed by atoms with van der Waals surface area (Å²) in [5.41, 5.74) is -0.303. The summed E-state index contributed by atoms with van der Waals surface area (Å²) in [6, 6.07) is 0. The van der Waals surface area contributed by atoms with Gasteiger partial charge in [-0.2, -0.15) is 0 Å². The fourth-order valence-corrected chi connectivity index (χ4v) is 2.01. The molecule has 2 atom stereocenters. The molecule has 0 aromatic carbocycles. The van der Waals surface area contributed by atoms with Crippen LogP contribution in [0.15, 0.2) is 12.2 Å². The second kappa shape index (κ2) is 5.10. The number of allylic oxidation sites excluding steroid dienone is 2. The minimum atomic E-state index is -0.303. The molecule has 0 saturated heterocycles. The fourth-order valence-electron chi connectivity index (χ4n) is 2.01. The number of methoxy groups -OCH3 is 1. The van der Waals surface area contributed by atoms with Crippen LogP contribution in [0.25, 0.3) is 0 Å². The third-order valence-corrected chi connectivity index (χ3v) is 3.22. The maximum Gasteiger partial charge on any atom is 0.305 e. The highest BCUT2D eigenvalue weighted by Gasteiger charge is 2.33. The Hall–Kier alpha value is -1.12. The van der Waals surface area contributed by atoms with Crippen molar-refractivity contribution in [2.75, 3.05) is 7.11 Å². The summed E-state index contributed by atoms with van der Waals surface area (Å²) in [5.74, 6) is -0.0370. The molecule has 0 aromatic rings. The molecule has 3 heteroatoms. The molecule has 0 heterocycles. The Labute approximate surface area is 90.5 Å². The zero-order valence-corrected chi connectivity index (χ0v) is 9.36. The molecule has 3 nitrogen and oxygen atoms in total. The van der Waals surface area contributed by atoms with Gasteiger partial charge in [-0.05, 0) is 25.2 Å². The molecule has 84 valence electrons. The monoisotopic (exact) mass is 210 g/mol. The summed E-state index contributed by atoms with van der Waals surface area (Å²) in [5, 5.41) is 0. The fraction of sp³-hybridized carbons (Fsp3) is 0.667. The molecular weight excluding hydrogens is 192 g/mol. The van der Waals surface area contributed by atoms with E-state index < -0.39 is 0 Å². The number of rotatable bonds is 4. The van der Waals surface area contributed by atoms with E-state index in [2.05, 4.69) is 16.9 Å². The molecule has 0 N–H and O–H groups in total. The lowest BCUT2D eigenvalue weighted by atomic mass is 9.70. The number of carbonyl (C=O) groups is 2. The third kappa shape index (κ3) is 2.91. The molecule has 1 aliphatic rings. The Kier molecular flexibility index (Phi) is 4.06. The van der Waals surface area contributed by atoms with Crippen LogP contribution in [-0.4, -0.2) is 19.4 Å². The van der Waals surface area contributed by atoms with Gasteiger partial charge in [0.25, 0.3) is 0 Å². The average molecular weight is 210 g/mol. The van der Waals surface area contributed by atoms with Gasteiger partial charge < -0.3 is 9.53 Å². The Morgan fingerprint density at radius 2 is 2.40 bits per heavy atom. The lowest BCUT2D eigenvalue weighted by molar-refractivity contribution is -0.141. The highest BCUT2D eigenvalue weighted by molar-refractivity contribution is 5.69. The number of hydrogen-bond donors (Lipinski definition) is 0. The van der Waals surface area contributed by atoms with E-state index in [4.69, 9.17) is 0 Å². The molecule has 1 rings (SSSR count). The summed E-state index contributed by atoms with van der Waals surface area (Å²) in [4.78, 5) is 22.1. The summed E-state index contributed by atoms with van der Waals surface area (Å²) < 4.78 is 4.59. The van der Waals surface area contributed by atoms with Gasteiger partial charge in [0, 0.05) is 11.8 Å². The van der Waals surface area contributed by atoms with Crippen LogP contribution < -0.4 is 0 Å². The second-order valence-corrected chi connectivity index (χ2v) is 4.31. The van der Waals surface area contributed by atoms with Crippen LogP contribution in [0.3, 0.4) is 0 Å². The molecule has 15 heavy (non-hydrogen) atoms. The topological polar surface area (TPSA) is 43.4 Å². The van der Waals surface area contributed by atoms with Crippen LogP contribution in [-0.2, 0) is 14.3 Å². The Bertz CT molecular complexity index is 270. The minimum Gasteiger partial charge on any atom is -0.469 e. The first-order valence-corrected chi connectivity index (χ1v) is 5.32. The Morgan fingerprint density at radius 3 is 3.00 bits per heavy atom. The van der Waals surface area contributed by atoms with Crippen LogP contribution in [0, 0.1) is 11.3 Å². The van der Waals surface area contributed by atoms with Gasteiger partial charge in [0.1, 0.15) is 6.29 Å². The van der Waals surface area contributed by atoms with Gasteiger partial charge in [0.2, 0.25) is 0 Å². The minimum absolute atomic E-state index is 0.169. The second-order valence-electron chi connectivity index (χ2n) is 4.31. The molecule has 0 bridgehead atoms. The van der Waals surface area contributed by atoms with E-state index in [0.717, 1.165) is 19.1 Å². The predicted octanol–water partition coefficient (Wildman–Crippen LogP) is 2.11. The van der Waals surface area contributed by atoms with E-state index in [1.165, 1.54) is 7.11 Å². The number of ether oxygens (including phenoxy) is 1. The summed E-state index contributed by atoms with van der Waals surface area (Å²) in [6.45, 7) is 1.96. The van der Waals surface area contributed by atoms with Crippen LogP contribution in [0.2, 0.25) is 0 Å². The lowest BCUT2D eigenvalue weighted by Gasteiger charge is -2.33. The van der Waals surface area contributed by atoms with Crippen molar-refractivity contribution in [3.63, 3.8) is 0 Å². The largest absolute Gasteiger partial charge is 0.469 e. The van der Waals surface area contributed by atoms with Gasteiger partial charge in [-0.15, -0.1) is 0 Å². The van der Waals surface area contributed by atoms with E-state index in [0.29, 0.717) is 12.8 Å². The van der Waals surface area contributed by atoms with Crippen LogP contribution in [0.1, 0.15) is 32.6 Å². The zero-order chi connectivity index (χ0) is 11.3. The summed E-state index contributed by atoms with van der Waals surface area (Å²) in [6.07, 6.45) is 8.07. The maximum atomic E-state index is 11.1.